The molecule has 0 saturated carbocycles. The lowest BCUT2D eigenvalue weighted by Crippen LogP contribution is -2.20. The van der Waals surface area contributed by atoms with Gasteiger partial charge >= 0.3 is 0 Å². The molecular formula is C11H14N2O2S. The number of carbonyl (C=O) groups is 2. The fourth-order valence-corrected chi connectivity index (χ4v) is 3.35. The molecule has 1 heterocycles. The molecule has 1 aromatic rings. The molecule has 2 amide bonds. The number of nitrogens with one attached hydrogen (secondary N) is 2. The molecule has 0 unspecified atom stereocenters. The van der Waals surface area contributed by atoms with Gasteiger partial charge in [0.05, 0.1) is 5.56 Å². The smallest absolute Gasteiger partial charge is 0.254 e. The van der Waals surface area contributed by atoms with Crippen molar-refractivity contribution in [2.75, 3.05) is 12.4 Å². The molecule has 0 radical (unpaired) electrons. The predicted molar refractivity (Wildman–Crippen MR) is 64.0 cm³/mol. The van der Waals surface area contributed by atoms with Gasteiger partial charge in [-0.25, -0.2) is 0 Å². The van der Waals surface area contributed by atoms with Crippen molar-refractivity contribution in [2.45, 2.75) is 26.2 Å². The molecule has 0 aliphatic heterocycles. The quantitative estimate of drug-likeness (QED) is 0.821. The van der Waals surface area contributed by atoms with Gasteiger partial charge in [-0.2, -0.15) is 0 Å². The molecule has 16 heavy (non-hydrogen) atoms. The summed E-state index contributed by atoms with van der Waals surface area (Å²) < 4.78 is 0. The van der Waals surface area contributed by atoms with Gasteiger partial charge in [0, 0.05) is 18.8 Å². The molecular weight excluding hydrogens is 224 g/mol. The third-order valence-corrected chi connectivity index (χ3v) is 3.87. The highest BCUT2D eigenvalue weighted by Gasteiger charge is 2.26. The van der Waals surface area contributed by atoms with E-state index in [0.29, 0.717) is 10.6 Å². The van der Waals surface area contributed by atoms with Crippen molar-refractivity contribution in [2.24, 2.45) is 0 Å². The number of fused-ring (bicyclic) bond motifs is 1. The first-order valence-corrected chi connectivity index (χ1v) is 6.09. The number of thiophene rings is 1. The molecule has 0 spiro atoms. The van der Waals surface area contributed by atoms with Crippen LogP contribution in [0.15, 0.2) is 0 Å². The van der Waals surface area contributed by atoms with Crippen molar-refractivity contribution < 1.29 is 9.59 Å². The lowest BCUT2D eigenvalue weighted by Gasteiger charge is -2.05. The van der Waals surface area contributed by atoms with Crippen LogP contribution in [-0.4, -0.2) is 18.9 Å². The van der Waals surface area contributed by atoms with E-state index in [9.17, 15) is 9.59 Å². The normalized spacial score (nSPS) is 13.4. The van der Waals surface area contributed by atoms with Crippen molar-refractivity contribution >= 4 is 28.2 Å². The Hall–Kier alpha value is -1.36. The lowest BCUT2D eigenvalue weighted by molar-refractivity contribution is -0.114. The van der Waals surface area contributed by atoms with E-state index in [1.54, 1.807) is 7.05 Å². The molecule has 0 saturated heterocycles. The fourth-order valence-electron chi connectivity index (χ4n) is 2.02. The summed E-state index contributed by atoms with van der Waals surface area (Å²) in [6.07, 6.45) is 3.06. The standard InChI is InChI=1S/C11H14N2O2S/c1-6(14)13-11-9(10(15)12-2)7-4-3-5-8(7)16-11/h3-5H2,1-2H3,(H,12,15)(H,13,14). The van der Waals surface area contributed by atoms with Gasteiger partial charge in [0.15, 0.2) is 0 Å². The van der Waals surface area contributed by atoms with E-state index in [4.69, 9.17) is 0 Å². The van der Waals surface area contributed by atoms with Gasteiger partial charge < -0.3 is 10.6 Å². The van der Waals surface area contributed by atoms with Crippen LogP contribution in [0.1, 0.15) is 34.1 Å². The van der Waals surface area contributed by atoms with Crippen molar-refractivity contribution in [3.8, 4) is 0 Å². The minimum Gasteiger partial charge on any atom is -0.355 e. The van der Waals surface area contributed by atoms with E-state index in [1.165, 1.54) is 23.1 Å². The zero-order chi connectivity index (χ0) is 11.7. The number of hydrogen-bond donors (Lipinski definition) is 2. The molecule has 2 rings (SSSR count). The number of carbonyl (C=O) groups excluding carboxylic acids is 2. The maximum absolute atomic E-state index is 11.8. The fraction of sp³-hybridized carbons (Fsp3) is 0.455. The van der Waals surface area contributed by atoms with Crippen molar-refractivity contribution in [3.63, 3.8) is 0 Å². The number of amides is 2. The van der Waals surface area contributed by atoms with Crippen LogP contribution >= 0.6 is 11.3 Å². The van der Waals surface area contributed by atoms with Crippen LogP contribution in [0.3, 0.4) is 0 Å². The van der Waals surface area contributed by atoms with Gasteiger partial charge in [0.2, 0.25) is 5.91 Å². The van der Waals surface area contributed by atoms with Crippen LogP contribution in [0.2, 0.25) is 0 Å². The molecule has 2 N–H and O–H groups in total. The maximum Gasteiger partial charge on any atom is 0.254 e. The van der Waals surface area contributed by atoms with Crippen LogP contribution in [0, 0.1) is 0 Å². The summed E-state index contributed by atoms with van der Waals surface area (Å²) in [6.45, 7) is 1.46. The summed E-state index contributed by atoms with van der Waals surface area (Å²) in [6, 6.07) is 0. The average Bonchev–Trinajstić information content (AvgIpc) is 2.75. The Balaban J connectivity index is 2.44. The summed E-state index contributed by atoms with van der Waals surface area (Å²) in [7, 11) is 1.61. The Bertz CT molecular complexity index is 451. The number of aryl methyl sites for hydroxylation is 1. The van der Waals surface area contributed by atoms with Crippen molar-refractivity contribution in [3.05, 3.63) is 16.0 Å². The van der Waals surface area contributed by atoms with Gasteiger partial charge in [0.1, 0.15) is 5.00 Å². The molecule has 0 atom stereocenters. The van der Waals surface area contributed by atoms with E-state index >= 15 is 0 Å². The summed E-state index contributed by atoms with van der Waals surface area (Å²) in [4.78, 5) is 24.1. The third kappa shape index (κ3) is 1.82. The molecule has 0 bridgehead atoms. The summed E-state index contributed by atoms with van der Waals surface area (Å²) in [5.41, 5.74) is 1.78. The van der Waals surface area contributed by atoms with E-state index in [-0.39, 0.29) is 11.8 Å². The van der Waals surface area contributed by atoms with Gasteiger partial charge in [-0.1, -0.05) is 0 Å². The first-order valence-electron chi connectivity index (χ1n) is 5.27. The van der Waals surface area contributed by atoms with Gasteiger partial charge in [-0.15, -0.1) is 11.3 Å². The number of anilines is 1. The van der Waals surface area contributed by atoms with Crippen LogP contribution in [0.25, 0.3) is 0 Å². The SMILES string of the molecule is CNC(=O)c1c(NC(C)=O)sc2c1CCC2. The molecule has 0 fully saturated rings. The molecule has 1 aromatic heterocycles. The van der Waals surface area contributed by atoms with Crippen molar-refractivity contribution in [1.29, 1.82) is 0 Å². The van der Waals surface area contributed by atoms with E-state index in [2.05, 4.69) is 10.6 Å². The lowest BCUT2D eigenvalue weighted by atomic mass is 10.1. The highest BCUT2D eigenvalue weighted by Crippen LogP contribution is 2.38. The Labute approximate surface area is 98.0 Å². The zero-order valence-corrected chi connectivity index (χ0v) is 10.2. The van der Waals surface area contributed by atoms with Gasteiger partial charge in [-0.05, 0) is 24.8 Å². The van der Waals surface area contributed by atoms with Crippen LogP contribution in [0.4, 0.5) is 5.00 Å². The number of rotatable bonds is 2. The second kappa shape index (κ2) is 4.25. The zero-order valence-electron chi connectivity index (χ0n) is 9.35. The third-order valence-electron chi connectivity index (χ3n) is 2.66. The Morgan fingerprint density at radius 3 is 2.69 bits per heavy atom. The van der Waals surface area contributed by atoms with Crippen LogP contribution < -0.4 is 10.6 Å². The highest BCUT2D eigenvalue weighted by molar-refractivity contribution is 7.17. The molecule has 5 heteroatoms. The highest BCUT2D eigenvalue weighted by atomic mass is 32.1. The van der Waals surface area contributed by atoms with E-state index in [0.717, 1.165) is 24.8 Å². The first kappa shape index (κ1) is 11.1. The van der Waals surface area contributed by atoms with Gasteiger partial charge in [0.25, 0.3) is 5.91 Å². The minimum atomic E-state index is -0.134. The Morgan fingerprint density at radius 1 is 1.31 bits per heavy atom. The molecule has 86 valence electrons. The van der Waals surface area contributed by atoms with Crippen LogP contribution in [-0.2, 0) is 17.6 Å². The molecule has 1 aliphatic carbocycles. The van der Waals surface area contributed by atoms with Crippen LogP contribution in [0.5, 0.6) is 0 Å². The molecule has 4 nitrogen and oxygen atoms in total. The largest absolute Gasteiger partial charge is 0.355 e. The Kier molecular flexibility index (Phi) is 2.96. The van der Waals surface area contributed by atoms with E-state index < -0.39 is 0 Å². The first-order chi connectivity index (χ1) is 7.63. The maximum atomic E-state index is 11.8. The van der Waals surface area contributed by atoms with Crippen molar-refractivity contribution in [1.82, 2.24) is 5.32 Å². The monoisotopic (exact) mass is 238 g/mol. The predicted octanol–water partition coefficient (Wildman–Crippen LogP) is 1.55. The molecule has 1 aliphatic rings. The summed E-state index contributed by atoms with van der Waals surface area (Å²) >= 11 is 1.53. The Morgan fingerprint density at radius 2 is 2.06 bits per heavy atom. The second-order valence-electron chi connectivity index (χ2n) is 3.82. The summed E-state index contributed by atoms with van der Waals surface area (Å²) in [5, 5.41) is 6.06. The second-order valence-corrected chi connectivity index (χ2v) is 4.93. The molecule has 0 aromatic carbocycles. The average molecular weight is 238 g/mol. The van der Waals surface area contributed by atoms with E-state index in [1.807, 2.05) is 0 Å². The van der Waals surface area contributed by atoms with Gasteiger partial charge in [-0.3, -0.25) is 9.59 Å². The minimum absolute atomic E-state index is 0.108. The number of hydrogen-bond acceptors (Lipinski definition) is 3. The summed E-state index contributed by atoms with van der Waals surface area (Å²) in [5.74, 6) is -0.242. The topological polar surface area (TPSA) is 58.2 Å².